The van der Waals surface area contributed by atoms with Crippen LogP contribution in [-0.2, 0) is 13.5 Å². The number of fused-ring (bicyclic) bond motifs is 2. The van der Waals surface area contributed by atoms with Crippen LogP contribution in [0.4, 0.5) is 4.39 Å². The highest BCUT2D eigenvalue weighted by Gasteiger charge is 2.23. The minimum Gasteiger partial charge on any atom is -0.508 e. The topological polar surface area (TPSA) is 54.6 Å². The average molecular weight is 387 g/mol. The van der Waals surface area contributed by atoms with Gasteiger partial charge in [0.15, 0.2) is 0 Å². The lowest BCUT2D eigenvalue weighted by Gasteiger charge is -2.06. The molecule has 4 aromatic rings. The van der Waals surface area contributed by atoms with Crippen LogP contribution in [0.1, 0.15) is 11.1 Å². The van der Waals surface area contributed by atoms with Crippen LogP contribution in [0.5, 0.6) is 17.2 Å². The van der Waals surface area contributed by atoms with Gasteiger partial charge in [-0.2, -0.15) is 0 Å². The highest BCUT2D eigenvalue weighted by Crippen LogP contribution is 2.41. The molecule has 0 radical (unpaired) electrons. The zero-order valence-electron chi connectivity index (χ0n) is 15.7. The molecular weight excluding hydrogens is 369 g/mol. The van der Waals surface area contributed by atoms with Crippen LogP contribution in [0.3, 0.4) is 0 Å². The van der Waals surface area contributed by atoms with E-state index in [2.05, 4.69) is 0 Å². The van der Waals surface area contributed by atoms with Gasteiger partial charge in [0.25, 0.3) is 0 Å². The molecule has 4 nitrogen and oxygen atoms in total. The Labute approximate surface area is 166 Å². The van der Waals surface area contributed by atoms with E-state index in [0.29, 0.717) is 23.5 Å². The lowest BCUT2D eigenvalue weighted by Crippen LogP contribution is -1.88. The zero-order valence-corrected chi connectivity index (χ0v) is 15.7. The summed E-state index contributed by atoms with van der Waals surface area (Å²) in [4.78, 5) is 0. The third-order valence-corrected chi connectivity index (χ3v) is 5.26. The Balaban J connectivity index is 1.65. The van der Waals surface area contributed by atoms with Crippen molar-refractivity contribution in [3.63, 3.8) is 0 Å². The second-order valence-corrected chi connectivity index (χ2v) is 7.24. The molecule has 0 bridgehead atoms. The number of allylic oxidation sites excluding steroid dienone is 1. The third kappa shape index (κ3) is 2.91. The second kappa shape index (κ2) is 6.41. The summed E-state index contributed by atoms with van der Waals surface area (Å²) in [6, 6.07) is 15.3. The summed E-state index contributed by atoms with van der Waals surface area (Å²) in [5.41, 5.74) is 4.35. The summed E-state index contributed by atoms with van der Waals surface area (Å²) in [5, 5.41) is 20.8. The molecular formula is C24H18FNO3. The highest BCUT2D eigenvalue weighted by molar-refractivity contribution is 6.01. The molecule has 0 aliphatic carbocycles. The van der Waals surface area contributed by atoms with Gasteiger partial charge in [0.05, 0.1) is 0 Å². The summed E-state index contributed by atoms with van der Waals surface area (Å²) < 4.78 is 21.7. The van der Waals surface area contributed by atoms with Gasteiger partial charge in [-0.25, -0.2) is 4.39 Å². The summed E-state index contributed by atoms with van der Waals surface area (Å²) in [7, 11) is 1.97. The molecule has 5 rings (SSSR count). The maximum absolute atomic E-state index is 13.8. The summed E-state index contributed by atoms with van der Waals surface area (Å²) in [6.07, 6.45) is 4.37. The zero-order chi connectivity index (χ0) is 20.1. The Morgan fingerprint density at radius 2 is 1.90 bits per heavy atom. The molecule has 1 aliphatic heterocycles. The van der Waals surface area contributed by atoms with Gasteiger partial charge in [-0.05, 0) is 35.4 Å². The van der Waals surface area contributed by atoms with E-state index < -0.39 is 0 Å². The number of phenolic OH excluding ortho intramolecular Hbond substituents is 2. The molecule has 2 heterocycles. The third-order valence-electron chi connectivity index (χ3n) is 5.26. The van der Waals surface area contributed by atoms with Gasteiger partial charge in [0, 0.05) is 53.8 Å². The van der Waals surface area contributed by atoms with Gasteiger partial charge in [-0.15, -0.1) is 0 Å². The molecule has 29 heavy (non-hydrogen) atoms. The van der Waals surface area contributed by atoms with Crippen molar-refractivity contribution in [3.05, 3.63) is 83.5 Å². The number of ether oxygens (including phenoxy) is 1. The fourth-order valence-electron chi connectivity index (χ4n) is 3.98. The fraction of sp³-hybridized carbons (Fsp3) is 0.0833. The number of hydrogen-bond acceptors (Lipinski definition) is 3. The summed E-state index contributed by atoms with van der Waals surface area (Å²) in [6.45, 7) is 0. The van der Waals surface area contributed by atoms with Crippen molar-refractivity contribution in [2.45, 2.75) is 6.42 Å². The molecule has 3 aromatic carbocycles. The number of nitrogens with zero attached hydrogens (tertiary/aromatic N) is 1. The Kier molecular flexibility index (Phi) is 3.84. The first-order valence-corrected chi connectivity index (χ1v) is 9.27. The van der Waals surface area contributed by atoms with Crippen molar-refractivity contribution in [1.82, 2.24) is 4.57 Å². The van der Waals surface area contributed by atoms with E-state index >= 15 is 0 Å². The SMILES string of the molecule is Cn1cc(C=C2Cc3c(O)cc(O)cc3O2)c2c(-c3cccc(F)c3)cccc21. The lowest BCUT2D eigenvalue weighted by atomic mass is 9.98. The largest absolute Gasteiger partial charge is 0.508 e. The first-order valence-electron chi connectivity index (χ1n) is 9.27. The molecule has 5 heteroatoms. The molecule has 1 aromatic heterocycles. The molecule has 0 spiro atoms. The number of aromatic nitrogens is 1. The van der Waals surface area contributed by atoms with Crippen LogP contribution in [0, 0.1) is 5.82 Å². The van der Waals surface area contributed by atoms with Crippen molar-refractivity contribution >= 4 is 17.0 Å². The number of aromatic hydroxyl groups is 2. The summed E-state index contributed by atoms with van der Waals surface area (Å²) >= 11 is 0. The van der Waals surface area contributed by atoms with Crippen molar-refractivity contribution in [1.29, 1.82) is 0 Å². The molecule has 0 fully saturated rings. The second-order valence-electron chi connectivity index (χ2n) is 7.24. The van der Waals surface area contributed by atoms with Crippen LogP contribution in [-0.4, -0.2) is 14.8 Å². The molecule has 0 atom stereocenters. The number of hydrogen-bond donors (Lipinski definition) is 2. The van der Waals surface area contributed by atoms with Crippen LogP contribution >= 0.6 is 0 Å². The number of benzene rings is 3. The lowest BCUT2D eigenvalue weighted by molar-refractivity contribution is 0.430. The van der Waals surface area contributed by atoms with E-state index in [1.165, 1.54) is 24.3 Å². The monoisotopic (exact) mass is 387 g/mol. The van der Waals surface area contributed by atoms with E-state index in [9.17, 15) is 14.6 Å². The van der Waals surface area contributed by atoms with E-state index in [1.807, 2.05) is 48.2 Å². The number of phenols is 2. The average Bonchev–Trinajstić information content (AvgIpc) is 3.23. The van der Waals surface area contributed by atoms with E-state index in [1.54, 1.807) is 6.07 Å². The highest BCUT2D eigenvalue weighted by atomic mass is 19.1. The summed E-state index contributed by atoms with van der Waals surface area (Å²) in [5.74, 6) is 0.824. The van der Waals surface area contributed by atoms with Gasteiger partial charge < -0.3 is 19.5 Å². The van der Waals surface area contributed by atoms with Crippen LogP contribution in [0.2, 0.25) is 0 Å². The van der Waals surface area contributed by atoms with Gasteiger partial charge in [0.1, 0.15) is 28.8 Å². The Bertz CT molecular complexity index is 1300. The van der Waals surface area contributed by atoms with Gasteiger partial charge in [-0.1, -0.05) is 24.3 Å². The van der Waals surface area contributed by atoms with Crippen molar-refractivity contribution < 1.29 is 19.3 Å². The van der Waals surface area contributed by atoms with Crippen molar-refractivity contribution in [2.24, 2.45) is 7.05 Å². The van der Waals surface area contributed by atoms with E-state index in [4.69, 9.17) is 4.74 Å². The first-order chi connectivity index (χ1) is 14.0. The number of halogens is 1. The smallest absolute Gasteiger partial charge is 0.137 e. The maximum Gasteiger partial charge on any atom is 0.137 e. The molecule has 1 aliphatic rings. The predicted molar refractivity (Wildman–Crippen MR) is 110 cm³/mol. The van der Waals surface area contributed by atoms with Crippen LogP contribution in [0.25, 0.3) is 28.1 Å². The fourth-order valence-corrected chi connectivity index (χ4v) is 3.98. The van der Waals surface area contributed by atoms with Gasteiger partial charge in [-0.3, -0.25) is 0 Å². The Hall–Kier alpha value is -3.73. The Morgan fingerprint density at radius 3 is 2.72 bits per heavy atom. The quantitative estimate of drug-likeness (QED) is 0.486. The van der Waals surface area contributed by atoms with Crippen molar-refractivity contribution in [3.8, 4) is 28.4 Å². The van der Waals surface area contributed by atoms with Gasteiger partial charge >= 0.3 is 0 Å². The minimum absolute atomic E-state index is 0.0155. The van der Waals surface area contributed by atoms with E-state index in [0.717, 1.165) is 27.6 Å². The van der Waals surface area contributed by atoms with E-state index in [-0.39, 0.29) is 17.3 Å². The van der Waals surface area contributed by atoms with Gasteiger partial charge in [0.2, 0.25) is 0 Å². The van der Waals surface area contributed by atoms with Crippen LogP contribution < -0.4 is 4.74 Å². The molecule has 0 saturated heterocycles. The normalized spacial score (nSPS) is 14.3. The Morgan fingerprint density at radius 1 is 1.07 bits per heavy atom. The minimum atomic E-state index is -0.278. The van der Waals surface area contributed by atoms with Crippen LogP contribution in [0.15, 0.2) is 66.6 Å². The number of aryl methyl sites for hydroxylation is 1. The molecule has 144 valence electrons. The number of rotatable bonds is 2. The maximum atomic E-state index is 13.8. The standard InChI is InChI=1S/C24H18FNO3/c1-26-13-15(9-18-12-20-22(28)10-17(27)11-23(20)29-18)24-19(6-3-7-21(24)26)14-4-2-5-16(25)8-14/h2-11,13,27-28H,12H2,1H3. The molecule has 0 unspecified atom stereocenters. The van der Waals surface area contributed by atoms with Crippen molar-refractivity contribution in [2.75, 3.05) is 0 Å². The first kappa shape index (κ1) is 17.4. The molecule has 0 saturated carbocycles. The predicted octanol–water partition coefficient (Wildman–Crippen LogP) is 5.37. The molecule has 2 N–H and O–H groups in total. The molecule has 0 amide bonds.